The normalized spacial score (nSPS) is 18.6. The lowest BCUT2D eigenvalue weighted by atomic mass is 10.0. The van der Waals surface area contributed by atoms with E-state index in [2.05, 4.69) is 9.97 Å². The molecule has 3 aromatic rings. The molecule has 27 heavy (non-hydrogen) atoms. The van der Waals surface area contributed by atoms with Gasteiger partial charge in [0, 0.05) is 24.4 Å². The first-order valence-corrected chi connectivity index (χ1v) is 8.80. The first-order valence-electron chi connectivity index (χ1n) is 8.80. The lowest BCUT2D eigenvalue weighted by Gasteiger charge is -2.38. The third-order valence-electron chi connectivity index (χ3n) is 4.84. The van der Waals surface area contributed by atoms with Crippen molar-refractivity contribution >= 4 is 16.7 Å². The van der Waals surface area contributed by atoms with E-state index in [0.717, 1.165) is 17.7 Å². The summed E-state index contributed by atoms with van der Waals surface area (Å²) in [5.41, 5.74) is 1.16. The molecule has 5 nitrogen and oxygen atoms in total. The van der Waals surface area contributed by atoms with Crippen molar-refractivity contribution in [3.8, 4) is 0 Å². The maximum atomic E-state index is 13.8. The van der Waals surface area contributed by atoms with Crippen LogP contribution in [0, 0.1) is 11.6 Å². The van der Waals surface area contributed by atoms with Gasteiger partial charge in [-0.15, -0.1) is 0 Å². The summed E-state index contributed by atoms with van der Waals surface area (Å²) in [5, 5.41) is 11.0. The fourth-order valence-corrected chi connectivity index (χ4v) is 3.46. The van der Waals surface area contributed by atoms with E-state index < -0.39 is 17.7 Å². The summed E-state index contributed by atoms with van der Waals surface area (Å²) >= 11 is 0. The molecule has 0 aliphatic carbocycles. The number of hydrogen-bond donors (Lipinski definition) is 1. The number of morpholine rings is 1. The van der Waals surface area contributed by atoms with E-state index in [1.54, 1.807) is 0 Å². The molecule has 1 aliphatic rings. The summed E-state index contributed by atoms with van der Waals surface area (Å²) in [5.74, 6) is -1.36. The van der Waals surface area contributed by atoms with Crippen molar-refractivity contribution in [3.05, 3.63) is 66.0 Å². The predicted octanol–water partition coefficient (Wildman–Crippen LogP) is 3.24. The summed E-state index contributed by atoms with van der Waals surface area (Å²) in [6.07, 6.45) is 1.11. The molecular formula is C20H19F2N3O2. The van der Waals surface area contributed by atoms with E-state index in [0.29, 0.717) is 42.9 Å². The van der Waals surface area contributed by atoms with Crippen molar-refractivity contribution in [1.82, 2.24) is 9.97 Å². The van der Waals surface area contributed by atoms with Crippen LogP contribution in [-0.2, 0) is 4.74 Å². The van der Waals surface area contributed by atoms with Crippen LogP contribution in [0.2, 0.25) is 0 Å². The Kier molecular flexibility index (Phi) is 4.96. The van der Waals surface area contributed by atoms with Gasteiger partial charge in [0.15, 0.2) is 11.6 Å². The molecule has 0 spiro atoms. The van der Waals surface area contributed by atoms with Gasteiger partial charge in [0.25, 0.3) is 0 Å². The van der Waals surface area contributed by atoms with Crippen molar-refractivity contribution in [2.45, 2.75) is 18.6 Å². The monoisotopic (exact) mass is 371 g/mol. The first-order chi connectivity index (χ1) is 13.1. The van der Waals surface area contributed by atoms with Gasteiger partial charge in [-0.3, -0.25) is 0 Å². The van der Waals surface area contributed by atoms with Crippen LogP contribution in [0.15, 0.2) is 48.8 Å². The van der Waals surface area contributed by atoms with Gasteiger partial charge in [-0.25, -0.2) is 18.7 Å². The molecule has 0 bridgehead atoms. The highest BCUT2D eigenvalue weighted by Gasteiger charge is 2.28. The number of ether oxygens (including phenoxy) is 1. The average Bonchev–Trinajstić information content (AvgIpc) is 2.70. The summed E-state index contributed by atoms with van der Waals surface area (Å²) in [6, 6.07) is 11.4. The van der Waals surface area contributed by atoms with Gasteiger partial charge in [-0.2, -0.15) is 0 Å². The Morgan fingerprint density at radius 2 is 1.93 bits per heavy atom. The number of halogens is 2. The standard InChI is InChI=1S/C20H19F2N3O2/c21-16-9-15-18(10-17(16)22)23-12-24-20(15)25-6-7-27-11-14(25)8-19(26)13-4-2-1-3-5-13/h1-5,9-10,12,14,19,26H,6-8,11H2/t14-,19+/m1/s1. The Balaban J connectivity index is 1.67. The van der Waals surface area contributed by atoms with E-state index in [-0.39, 0.29) is 6.04 Å². The van der Waals surface area contributed by atoms with Crippen molar-refractivity contribution in [2.24, 2.45) is 0 Å². The van der Waals surface area contributed by atoms with Gasteiger partial charge in [-0.05, 0) is 11.6 Å². The molecular weight excluding hydrogens is 352 g/mol. The minimum Gasteiger partial charge on any atom is -0.388 e. The quantitative estimate of drug-likeness (QED) is 0.763. The number of benzene rings is 2. The second-order valence-corrected chi connectivity index (χ2v) is 6.57. The summed E-state index contributed by atoms with van der Waals surface area (Å²) in [4.78, 5) is 10.4. The number of hydrogen-bond acceptors (Lipinski definition) is 5. The van der Waals surface area contributed by atoms with E-state index in [1.807, 2.05) is 35.2 Å². The number of nitrogens with zero attached hydrogens (tertiary/aromatic N) is 3. The molecule has 2 aromatic carbocycles. The molecule has 7 heteroatoms. The molecule has 0 saturated carbocycles. The van der Waals surface area contributed by atoms with Gasteiger partial charge in [0.05, 0.1) is 30.9 Å². The minimum atomic E-state index is -0.940. The van der Waals surface area contributed by atoms with E-state index in [4.69, 9.17) is 4.74 Å². The number of fused-ring (bicyclic) bond motifs is 1. The Morgan fingerprint density at radius 3 is 2.74 bits per heavy atom. The van der Waals surface area contributed by atoms with Crippen LogP contribution in [0.4, 0.5) is 14.6 Å². The maximum absolute atomic E-state index is 13.8. The molecule has 1 aliphatic heterocycles. The average molecular weight is 371 g/mol. The Labute approximate surface area is 155 Å². The zero-order valence-corrected chi connectivity index (χ0v) is 14.6. The molecule has 4 rings (SSSR count). The zero-order chi connectivity index (χ0) is 18.8. The van der Waals surface area contributed by atoms with Crippen LogP contribution in [0.25, 0.3) is 10.9 Å². The highest BCUT2D eigenvalue weighted by molar-refractivity contribution is 5.89. The molecule has 0 amide bonds. The Hall–Kier alpha value is -2.64. The third kappa shape index (κ3) is 3.61. The molecule has 1 fully saturated rings. The number of rotatable bonds is 4. The Bertz CT molecular complexity index is 939. The smallest absolute Gasteiger partial charge is 0.161 e. The van der Waals surface area contributed by atoms with Crippen molar-refractivity contribution in [2.75, 3.05) is 24.7 Å². The van der Waals surface area contributed by atoms with Crippen LogP contribution < -0.4 is 4.90 Å². The molecule has 2 atom stereocenters. The molecule has 2 heterocycles. The Morgan fingerprint density at radius 1 is 1.15 bits per heavy atom. The first kappa shape index (κ1) is 17.8. The number of aliphatic hydroxyl groups is 1. The van der Waals surface area contributed by atoms with Crippen molar-refractivity contribution in [1.29, 1.82) is 0 Å². The summed E-state index contributed by atoms with van der Waals surface area (Å²) < 4.78 is 33.0. The highest BCUT2D eigenvalue weighted by atomic mass is 19.2. The van der Waals surface area contributed by atoms with Gasteiger partial charge < -0.3 is 14.7 Å². The lowest BCUT2D eigenvalue weighted by molar-refractivity contribution is 0.0677. The molecule has 1 saturated heterocycles. The molecule has 0 radical (unpaired) electrons. The van der Waals surface area contributed by atoms with Crippen molar-refractivity contribution < 1.29 is 18.6 Å². The second-order valence-electron chi connectivity index (χ2n) is 6.57. The molecule has 140 valence electrons. The third-order valence-corrected chi connectivity index (χ3v) is 4.84. The van der Waals surface area contributed by atoms with E-state index >= 15 is 0 Å². The highest BCUT2D eigenvalue weighted by Crippen LogP contribution is 2.30. The lowest BCUT2D eigenvalue weighted by Crippen LogP contribution is -2.46. The largest absolute Gasteiger partial charge is 0.388 e. The van der Waals surface area contributed by atoms with E-state index in [1.165, 1.54) is 6.33 Å². The molecule has 0 unspecified atom stereocenters. The number of aromatic nitrogens is 2. The maximum Gasteiger partial charge on any atom is 0.161 e. The summed E-state index contributed by atoms with van der Waals surface area (Å²) in [7, 11) is 0. The predicted molar refractivity (Wildman–Crippen MR) is 97.4 cm³/mol. The van der Waals surface area contributed by atoms with E-state index in [9.17, 15) is 13.9 Å². The van der Waals surface area contributed by atoms with Crippen LogP contribution in [0.1, 0.15) is 18.1 Å². The topological polar surface area (TPSA) is 58.5 Å². The van der Waals surface area contributed by atoms with Crippen molar-refractivity contribution in [3.63, 3.8) is 0 Å². The SMILES string of the molecule is O[C@@H](C[C@@H]1COCCN1c1ncnc2cc(F)c(F)cc12)c1ccccc1. The van der Waals surface area contributed by atoms with Gasteiger partial charge >= 0.3 is 0 Å². The van der Waals surface area contributed by atoms with Gasteiger partial charge in [0.1, 0.15) is 12.1 Å². The molecule has 1 N–H and O–H groups in total. The number of aliphatic hydroxyl groups excluding tert-OH is 1. The van der Waals surface area contributed by atoms with Crippen LogP contribution >= 0.6 is 0 Å². The second kappa shape index (κ2) is 7.54. The fraction of sp³-hybridized carbons (Fsp3) is 0.300. The van der Waals surface area contributed by atoms with Crippen LogP contribution in [0.3, 0.4) is 0 Å². The van der Waals surface area contributed by atoms with Gasteiger partial charge in [-0.1, -0.05) is 30.3 Å². The number of anilines is 1. The minimum absolute atomic E-state index is 0.153. The van der Waals surface area contributed by atoms with Gasteiger partial charge in [0.2, 0.25) is 0 Å². The van der Waals surface area contributed by atoms with Crippen LogP contribution in [-0.4, -0.2) is 40.9 Å². The molecule has 1 aromatic heterocycles. The summed E-state index contributed by atoms with van der Waals surface area (Å²) in [6.45, 7) is 1.45. The van der Waals surface area contributed by atoms with Crippen LogP contribution in [0.5, 0.6) is 0 Å². The fourth-order valence-electron chi connectivity index (χ4n) is 3.46. The zero-order valence-electron chi connectivity index (χ0n) is 14.6.